The number of hydrogen-bond donors (Lipinski definition) is 1. The molecule has 2 N–H and O–H groups in total. The average Bonchev–Trinajstić information content (AvgIpc) is 2.89. The Hall–Kier alpha value is -1.06. The van der Waals surface area contributed by atoms with Crippen molar-refractivity contribution >= 4 is 0 Å². The molecule has 1 atom stereocenters. The SMILES string of the molecule is COc1ccccc1C(N)COC1CCCC1. The summed E-state index contributed by atoms with van der Waals surface area (Å²) in [6.07, 6.45) is 5.34. The molecule has 0 spiro atoms. The second-order valence-electron chi connectivity index (χ2n) is 4.59. The van der Waals surface area contributed by atoms with Crippen LogP contribution in [0, 0.1) is 0 Å². The van der Waals surface area contributed by atoms with Gasteiger partial charge in [0.2, 0.25) is 0 Å². The van der Waals surface area contributed by atoms with E-state index in [1.54, 1.807) is 7.11 Å². The van der Waals surface area contributed by atoms with Crippen LogP contribution in [-0.4, -0.2) is 19.8 Å². The smallest absolute Gasteiger partial charge is 0.123 e. The van der Waals surface area contributed by atoms with Crippen LogP contribution in [0.5, 0.6) is 5.75 Å². The molecule has 1 unspecified atom stereocenters. The van der Waals surface area contributed by atoms with Gasteiger partial charge in [-0.05, 0) is 18.9 Å². The molecular weight excluding hydrogens is 214 g/mol. The molecule has 0 saturated heterocycles. The Labute approximate surface area is 103 Å². The molecule has 1 aliphatic carbocycles. The highest BCUT2D eigenvalue weighted by Crippen LogP contribution is 2.26. The average molecular weight is 235 g/mol. The topological polar surface area (TPSA) is 44.5 Å². The fourth-order valence-electron chi connectivity index (χ4n) is 2.36. The number of para-hydroxylation sites is 1. The lowest BCUT2D eigenvalue weighted by atomic mass is 10.1. The van der Waals surface area contributed by atoms with E-state index in [0.29, 0.717) is 12.7 Å². The van der Waals surface area contributed by atoms with Crippen LogP contribution in [-0.2, 0) is 4.74 Å². The Balaban J connectivity index is 1.91. The lowest BCUT2D eigenvalue weighted by Gasteiger charge is -2.18. The minimum Gasteiger partial charge on any atom is -0.496 e. The van der Waals surface area contributed by atoms with E-state index in [1.807, 2.05) is 24.3 Å². The number of ether oxygens (including phenoxy) is 2. The Bertz CT molecular complexity index is 348. The fourth-order valence-corrected chi connectivity index (χ4v) is 2.36. The van der Waals surface area contributed by atoms with Crippen LogP contribution in [0.25, 0.3) is 0 Å². The van der Waals surface area contributed by atoms with Gasteiger partial charge in [0.05, 0.1) is 25.9 Å². The zero-order valence-corrected chi connectivity index (χ0v) is 10.4. The van der Waals surface area contributed by atoms with Gasteiger partial charge in [0, 0.05) is 5.56 Å². The monoisotopic (exact) mass is 235 g/mol. The summed E-state index contributed by atoms with van der Waals surface area (Å²) in [5.74, 6) is 0.843. The van der Waals surface area contributed by atoms with Crippen molar-refractivity contribution in [3.05, 3.63) is 29.8 Å². The maximum Gasteiger partial charge on any atom is 0.123 e. The molecule has 0 aliphatic heterocycles. The molecule has 1 aromatic carbocycles. The standard InChI is InChI=1S/C14H21NO2/c1-16-14-9-5-4-8-12(14)13(15)10-17-11-6-2-3-7-11/h4-5,8-9,11,13H,2-3,6-7,10,15H2,1H3. The van der Waals surface area contributed by atoms with Crippen molar-refractivity contribution in [3.63, 3.8) is 0 Å². The lowest BCUT2D eigenvalue weighted by Crippen LogP contribution is -2.21. The van der Waals surface area contributed by atoms with E-state index < -0.39 is 0 Å². The number of methoxy groups -OCH3 is 1. The van der Waals surface area contributed by atoms with Crippen molar-refractivity contribution in [2.24, 2.45) is 5.73 Å². The van der Waals surface area contributed by atoms with Crippen molar-refractivity contribution in [2.45, 2.75) is 37.8 Å². The Kier molecular flexibility index (Phi) is 4.40. The van der Waals surface area contributed by atoms with E-state index in [2.05, 4.69) is 0 Å². The minimum atomic E-state index is -0.105. The van der Waals surface area contributed by atoms with E-state index >= 15 is 0 Å². The summed E-state index contributed by atoms with van der Waals surface area (Å²) >= 11 is 0. The van der Waals surface area contributed by atoms with Crippen LogP contribution in [0.1, 0.15) is 37.3 Å². The van der Waals surface area contributed by atoms with Crippen molar-refractivity contribution in [1.82, 2.24) is 0 Å². The third-order valence-corrected chi connectivity index (χ3v) is 3.35. The quantitative estimate of drug-likeness (QED) is 0.853. The normalized spacial score (nSPS) is 18.2. The first-order chi connectivity index (χ1) is 8.31. The fraction of sp³-hybridized carbons (Fsp3) is 0.571. The van der Waals surface area contributed by atoms with Crippen molar-refractivity contribution in [3.8, 4) is 5.75 Å². The molecule has 94 valence electrons. The minimum absolute atomic E-state index is 0.105. The van der Waals surface area contributed by atoms with Gasteiger partial charge in [-0.3, -0.25) is 0 Å². The second kappa shape index (κ2) is 6.03. The molecule has 3 nitrogen and oxygen atoms in total. The van der Waals surface area contributed by atoms with Crippen molar-refractivity contribution in [1.29, 1.82) is 0 Å². The summed E-state index contributed by atoms with van der Waals surface area (Å²) in [5, 5.41) is 0. The maximum absolute atomic E-state index is 6.14. The van der Waals surface area contributed by atoms with E-state index in [9.17, 15) is 0 Å². The van der Waals surface area contributed by atoms with Crippen LogP contribution in [0.4, 0.5) is 0 Å². The molecule has 3 heteroatoms. The van der Waals surface area contributed by atoms with Crippen LogP contribution in [0.15, 0.2) is 24.3 Å². The highest BCUT2D eigenvalue weighted by molar-refractivity contribution is 5.35. The predicted molar refractivity (Wildman–Crippen MR) is 68.1 cm³/mol. The van der Waals surface area contributed by atoms with E-state index in [0.717, 1.165) is 11.3 Å². The summed E-state index contributed by atoms with van der Waals surface area (Å²) in [7, 11) is 1.67. The third kappa shape index (κ3) is 3.20. The van der Waals surface area contributed by atoms with Crippen molar-refractivity contribution < 1.29 is 9.47 Å². The zero-order valence-electron chi connectivity index (χ0n) is 10.4. The van der Waals surface area contributed by atoms with Gasteiger partial charge in [-0.25, -0.2) is 0 Å². The molecule has 1 aliphatic rings. The predicted octanol–water partition coefficient (Wildman–Crippen LogP) is 2.65. The molecule has 0 amide bonds. The summed E-state index contributed by atoms with van der Waals surface area (Å²) in [6, 6.07) is 7.76. The maximum atomic E-state index is 6.14. The Morgan fingerprint density at radius 2 is 2.00 bits per heavy atom. The summed E-state index contributed by atoms with van der Waals surface area (Å²) in [4.78, 5) is 0. The lowest BCUT2D eigenvalue weighted by molar-refractivity contribution is 0.0485. The molecule has 0 heterocycles. The van der Waals surface area contributed by atoms with Gasteiger partial charge < -0.3 is 15.2 Å². The first-order valence-electron chi connectivity index (χ1n) is 6.31. The van der Waals surface area contributed by atoms with E-state index in [1.165, 1.54) is 25.7 Å². The van der Waals surface area contributed by atoms with E-state index in [4.69, 9.17) is 15.2 Å². The molecule has 1 aromatic rings. The second-order valence-corrected chi connectivity index (χ2v) is 4.59. The molecular formula is C14H21NO2. The van der Waals surface area contributed by atoms with Gasteiger partial charge in [-0.15, -0.1) is 0 Å². The Morgan fingerprint density at radius 1 is 1.29 bits per heavy atom. The van der Waals surface area contributed by atoms with Gasteiger partial charge in [-0.1, -0.05) is 31.0 Å². The first kappa shape index (κ1) is 12.4. The van der Waals surface area contributed by atoms with Gasteiger partial charge in [0.15, 0.2) is 0 Å². The molecule has 1 saturated carbocycles. The summed E-state index contributed by atoms with van der Waals surface area (Å²) in [5.41, 5.74) is 7.17. The molecule has 0 bridgehead atoms. The summed E-state index contributed by atoms with van der Waals surface area (Å²) < 4.78 is 11.1. The van der Waals surface area contributed by atoms with E-state index in [-0.39, 0.29) is 6.04 Å². The van der Waals surface area contributed by atoms with Crippen LogP contribution in [0.2, 0.25) is 0 Å². The molecule has 2 rings (SSSR count). The largest absolute Gasteiger partial charge is 0.496 e. The van der Waals surface area contributed by atoms with Crippen molar-refractivity contribution in [2.75, 3.05) is 13.7 Å². The van der Waals surface area contributed by atoms with Gasteiger partial charge >= 0.3 is 0 Å². The van der Waals surface area contributed by atoms with Crippen LogP contribution >= 0.6 is 0 Å². The number of benzene rings is 1. The number of nitrogens with two attached hydrogens (primary N) is 1. The van der Waals surface area contributed by atoms with Gasteiger partial charge in [0.25, 0.3) is 0 Å². The van der Waals surface area contributed by atoms with Gasteiger partial charge in [0.1, 0.15) is 5.75 Å². The third-order valence-electron chi connectivity index (χ3n) is 3.35. The van der Waals surface area contributed by atoms with Gasteiger partial charge in [-0.2, -0.15) is 0 Å². The Morgan fingerprint density at radius 3 is 2.71 bits per heavy atom. The summed E-state index contributed by atoms with van der Waals surface area (Å²) in [6.45, 7) is 0.574. The van der Waals surface area contributed by atoms with Crippen LogP contribution in [0.3, 0.4) is 0 Å². The van der Waals surface area contributed by atoms with Crippen LogP contribution < -0.4 is 10.5 Å². The molecule has 17 heavy (non-hydrogen) atoms. The zero-order chi connectivity index (χ0) is 12.1. The highest BCUT2D eigenvalue weighted by atomic mass is 16.5. The highest BCUT2D eigenvalue weighted by Gasteiger charge is 2.18. The molecule has 0 radical (unpaired) electrons. The first-order valence-corrected chi connectivity index (χ1v) is 6.31. The molecule has 0 aromatic heterocycles. The number of hydrogen-bond acceptors (Lipinski definition) is 3. The number of rotatable bonds is 5. The molecule has 1 fully saturated rings.